The van der Waals surface area contributed by atoms with Crippen LogP contribution in [0, 0.1) is 0 Å². The Morgan fingerprint density at radius 1 is 1.15 bits per heavy atom. The van der Waals surface area contributed by atoms with Crippen molar-refractivity contribution in [3.63, 3.8) is 0 Å². The summed E-state index contributed by atoms with van der Waals surface area (Å²) in [5.74, 6) is 0.668. The average molecular weight is 245 g/mol. The molecule has 0 fully saturated rings. The van der Waals surface area contributed by atoms with E-state index in [0.717, 1.165) is 5.20 Å². The van der Waals surface area contributed by atoms with Crippen molar-refractivity contribution in [3.05, 3.63) is 11.3 Å². The Balaban J connectivity index is 4.76. The third kappa shape index (κ3) is 3.23. The largest absolute Gasteiger partial charge is 0.533 e. The second kappa shape index (κ2) is 6.81. The van der Waals surface area contributed by atoms with Gasteiger partial charge < -0.3 is 13.3 Å². The van der Waals surface area contributed by atoms with Gasteiger partial charge in [-0.25, -0.2) is 0 Å². The van der Waals surface area contributed by atoms with Crippen molar-refractivity contribution in [2.75, 3.05) is 33.1 Å². The Kier molecular flexibility index (Phi) is 7.03. The second-order valence-electron chi connectivity index (χ2n) is 2.19. The molecule has 0 aliphatic heterocycles. The molecular weight excluding hydrogens is 231 g/mol. The number of alkyl halides is 2. The van der Waals surface area contributed by atoms with Gasteiger partial charge >= 0.3 is 8.80 Å². The molecule has 0 N–H and O–H groups in total. The van der Waals surface area contributed by atoms with Crippen LogP contribution < -0.4 is 0 Å². The van der Waals surface area contributed by atoms with Crippen molar-refractivity contribution in [2.45, 2.75) is 0 Å². The zero-order valence-electron chi connectivity index (χ0n) is 7.97. The quantitative estimate of drug-likeness (QED) is 0.527. The van der Waals surface area contributed by atoms with Crippen LogP contribution in [-0.2, 0) is 13.3 Å². The van der Waals surface area contributed by atoms with E-state index in [1.165, 1.54) is 21.3 Å². The molecule has 3 nitrogen and oxygen atoms in total. The summed E-state index contributed by atoms with van der Waals surface area (Å²) in [4.78, 5) is 0. The van der Waals surface area contributed by atoms with E-state index in [1.54, 1.807) is 6.08 Å². The third-order valence-corrected chi connectivity index (χ3v) is 5.11. The van der Waals surface area contributed by atoms with E-state index >= 15 is 0 Å². The van der Waals surface area contributed by atoms with Crippen LogP contribution in [-0.4, -0.2) is 41.9 Å². The highest BCUT2D eigenvalue weighted by molar-refractivity contribution is 6.70. The van der Waals surface area contributed by atoms with Crippen molar-refractivity contribution in [1.29, 1.82) is 0 Å². The minimum atomic E-state index is -2.72. The molecule has 78 valence electrons. The van der Waals surface area contributed by atoms with Gasteiger partial charge in [-0.2, -0.15) is 0 Å². The predicted octanol–water partition coefficient (Wildman–Crippen LogP) is 1.81. The molecular formula is C7H14Cl2O3Si. The highest BCUT2D eigenvalue weighted by atomic mass is 35.5. The van der Waals surface area contributed by atoms with Gasteiger partial charge in [0.05, 0.1) is 0 Å². The van der Waals surface area contributed by atoms with Crippen LogP contribution in [0.3, 0.4) is 0 Å². The van der Waals surface area contributed by atoms with Gasteiger partial charge in [0.2, 0.25) is 0 Å². The van der Waals surface area contributed by atoms with Gasteiger partial charge in [0.25, 0.3) is 0 Å². The van der Waals surface area contributed by atoms with Gasteiger partial charge in [0.15, 0.2) is 0 Å². The minimum Gasteiger partial charge on any atom is -0.374 e. The first-order valence-corrected chi connectivity index (χ1v) is 6.47. The zero-order chi connectivity index (χ0) is 10.3. The zero-order valence-corrected chi connectivity index (χ0v) is 10.5. The van der Waals surface area contributed by atoms with Gasteiger partial charge in [0.1, 0.15) is 0 Å². The van der Waals surface area contributed by atoms with Gasteiger partial charge in [-0.1, -0.05) is 6.08 Å². The van der Waals surface area contributed by atoms with Crippen molar-refractivity contribution in [3.8, 4) is 0 Å². The molecule has 0 amide bonds. The third-order valence-electron chi connectivity index (χ3n) is 1.67. The van der Waals surface area contributed by atoms with Crippen molar-refractivity contribution < 1.29 is 13.3 Å². The second-order valence-corrected chi connectivity index (χ2v) is 5.74. The molecule has 0 saturated carbocycles. The Morgan fingerprint density at radius 3 is 1.85 bits per heavy atom. The average Bonchev–Trinajstić information content (AvgIpc) is 2.19. The summed E-state index contributed by atoms with van der Waals surface area (Å²) in [5.41, 5.74) is 0. The fourth-order valence-electron chi connectivity index (χ4n) is 0.998. The highest BCUT2D eigenvalue weighted by Crippen LogP contribution is 2.19. The van der Waals surface area contributed by atoms with E-state index < -0.39 is 8.80 Å². The van der Waals surface area contributed by atoms with Crippen LogP contribution in [0.4, 0.5) is 0 Å². The maximum absolute atomic E-state index is 5.73. The Morgan fingerprint density at radius 2 is 1.62 bits per heavy atom. The van der Waals surface area contributed by atoms with Crippen LogP contribution >= 0.6 is 23.2 Å². The molecule has 0 aromatic heterocycles. The minimum absolute atomic E-state index is 0.300. The van der Waals surface area contributed by atoms with Gasteiger partial charge in [-0.3, -0.25) is 0 Å². The summed E-state index contributed by atoms with van der Waals surface area (Å²) in [6.45, 7) is 0. The van der Waals surface area contributed by atoms with Crippen molar-refractivity contribution in [2.24, 2.45) is 0 Å². The van der Waals surface area contributed by atoms with Crippen LogP contribution in [0.15, 0.2) is 11.3 Å². The topological polar surface area (TPSA) is 27.7 Å². The molecule has 0 bridgehead atoms. The summed E-state index contributed by atoms with van der Waals surface area (Å²) in [5, 5.41) is 0.789. The molecule has 0 spiro atoms. The van der Waals surface area contributed by atoms with Gasteiger partial charge in [0, 0.05) is 38.3 Å². The Bertz CT molecular complexity index is 163. The lowest BCUT2D eigenvalue weighted by atomic mass is 10.6. The summed E-state index contributed by atoms with van der Waals surface area (Å²) in [6.07, 6.45) is 1.76. The van der Waals surface area contributed by atoms with Crippen molar-refractivity contribution in [1.82, 2.24) is 0 Å². The molecule has 0 aliphatic rings. The normalized spacial score (nSPS) is 13.5. The van der Waals surface area contributed by atoms with Crippen LogP contribution in [0.5, 0.6) is 0 Å². The first-order valence-electron chi connectivity index (χ1n) is 3.67. The smallest absolute Gasteiger partial charge is 0.374 e. The fraction of sp³-hybridized carbons (Fsp3) is 0.714. The summed E-state index contributed by atoms with van der Waals surface area (Å²) in [7, 11) is 1.88. The van der Waals surface area contributed by atoms with Crippen LogP contribution in [0.2, 0.25) is 0 Å². The first-order chi connectivity index (χ1) is 6.20. The maximum atomic E-state index is 5.73. The van der Waals surface area contributed by atoms with E-state index in [-0.39, 0.29) is 0 Å². The first kappa shape index (κ1) is 13.4. The Hall–Kier alpha value is 0.417. The lowest BCUT2D eigenvalue weighted by Gasteiger charge is -2.25. The SMILES string of the molecule is CO[Si](OC)(OC)C(=CCCl)CCl. The molecule has 0 atom stereocenters. The molecule has 0 heterocycles. The van der Waals surface area contributed by atoms with E-state index in [1.807, 2.05) is 0 Å². The molecule has 13 heavy (non-hydrogen) atoms. The molecule has 0 radical (unpaired) electrons. The van der Waals surface area contributed by atoms with E-state index in [4.69, 9.17) is 36.5 Å². The lowest BCUT2D eigenvalue weighted by molar-refractivity contribution is 0.134. The highest BCUT2D eigenvalue weighted by Gasteiger charge is 2.42. The maximum Gasteiger partial charge on any atom is 0.533 e. The summed E-state index contributed by atoms with van der Waals surface area (Å²) in [6, 6.07) is 0. The van der Waals surface area contributed by atoms with Crippen molar-refractivity contribution >= 4 is 32.0 Å². The number of halogens is 2. The van der Waals surface area contributed by atoms with Crippen LogP contribution in [0.25, 0.3) is 0 Å². The van der Waals surface area contributed by atoms with E-state index in [0.29, 0.717) is 11.8 Å². The number of hydrogen-bond acceptors (Lipinski definition) is 3. The van der Waals surface area contributed by atoms with Gasteiger partial charge in [-0.15, -0.1) is 23.2 Å². The molecule has 0 rings (SSSR count). The van der Waals surface area contributed by atoms with E-state index in [9.17, 15) is 0 Å². The van der Waals surface area contributed by atoms with Crippen LogP contribution in [0.1, 0.15) is 0 Å². The molecule has 0 unspecified atom stereocenters. The molecule has 0 saturated heterocycles. The van der Waals surface area contributed by atoms with E-state index in [2.05, 4.69) is 0 Å². The number of hydrogen-bond donors (Lipinski definition) is 0. The Labute approximate surface area is 89.9 Å². The molecule has 0 aromatic rings. The monoisotopic (exact) mass is 244 g/mol. The molecule has 0 aromatic carbocycles. The van der Waals surface area contributed by atoms with Gasteiger partial charge in [-0.05, 0) is 0 Å². The standard InChI is InChI=1S/C7H14Cl2O3Si/c1-10-13(11-2,12-3)7(6-9)4-5-8/h4H,5-6H2,1-3H3. The fourth-order valence-corrected chi connectivity index (χ4v) is 3.72. The lowest BCUT2D eigenvalue weighted by Crippen LogP contribution is -2.46. The predicted molar refractivity (Wildman–Crippen MR) is 56.3 cm³/mol. The molecule has 6 heteroatoms. The number of rotatable bonds is 6. The summed E-state index contributed by atoms with van der Waals surface area (Å²) < 4.78 is 15.7. The summed E-state index contributed by atoms with van der Waals surface area (Å²) >= 11 is 11.3. The number of allylic oxidation sites excluding steroid dienone is 2. The molecule has 0 aliphatic carbocycles.